The average molecular weight is 356 g/mol. The fourth-order valence-corrected chi connectivity index (χ4v) is 2.56. The Hall–Kier alpha value is -3.29. The first-order chi connectivity index (χ1) is 12.7. The van der Waals surface area contributed by atoms with Crippen LogP contribution >= 0.6 is 0 Å². The van der Waals surface area contributed by atoms with Gasteiger partial charge in [-0.15, -0.1) is 0 Å². The van der Waals surface area contributed by atoms with Gasteiger partial charge < -0.3 is 20.1 Å². The van der Waals surface area contributed by atoms with Gasteiger partial charge in [0, 0.05) is 29.7 Å². The predicted octanol–water partition coefficient (Wildman–Crippen LogP) is 2.76. The summed E-state index contributed by atoms with van der Waals surface area (Å²) in [4.78, 5) is 29.5. The van der Waals surface area contributed by atoms with E-state index in [4.69, 9.17) is 9.47 Å². The van der Waals surface area contributed by atoms with Gasteiger partial charge in [0.15, 0.2) is 0 Å². The summed E-state index contributed by atoms with van der Waals surface area (Å²) in [6.07, 6.45) is 1.26. The molecule has 0 spiro atoms. The Labute approximate surface area is 151 Å². The smallest absolute Gasteiger partial charge is 0.414 e. The molecule has 3 rings (SSSR count). The van der Waals surface area contributed by atoms with E-state index in [2.05, 4.69) is 15.6 Å². The van der Waals surface area contributed by atoms with Crippen LogP contribution in [0, 0.1) is 0 Å². The number of aromatic nitrogens is 1. The summed E-state index contributed by atoms with van der Waals surface area (Å²) in [5.74, 6) is 0.504. The minimum absolute atomic E-state index is 0.285. The van der Waals surface area contributed by atoms with E-state index in [1.165, 1.54) is 4.90 Å². The largest absolute Gasteiger partial charge is 0.478 e. The molecular formula is C18H20N4O4. The van der Waals surface area contributed by atoms with Gasteiger partial charge in [0.1, 0.15) is 6.61 Å². The maximum atomic E-state index is 12.2. The molecule has 2 N–H and O–H groups in total. The van der Waals surface area contributed by atoms with Crippen molar-refractivity contribution in [2.45, 2.75) is 13.5 Å². The molecular weight excluding hydrogens is 336 g/mol. The third kappa shape index (κ3) is 4.21. The number of urea groups is 1. The van der Waals surface area contributed by atoms with Crippen LogP contribution in [0.5, 0.6) is 5.88 Å². The first-order valence-electron chi connectivity index (χ1n) is 8.33. The number of nitrogens with one attached hydrogen (secondary N) is 2. The number of carbonyl (C=O) groups is 2. The lowest BCUT2D eigenvalue weighted by Crippen LogP contribution is -2.28. The van der Waals surface area contributed by atoms with Crippen molar-refractivity contribution in [3.05, 3.63) is 48.2 Å². The Morgan fingerprint density at radius 1 is 1.35 bits per heavy atom. The van der Waals surface area contributed by atoms with E-state index >= 15 is 0 Å². The summed E-state index contributed by atoms with van der Waals surface area (Å²) in [6.45, 7) is 3.52. The molecule has 8 nitrogen and oxygen atoms in total. The van der Waals surface area contributed by atoms with E-state index in [1.807, 2.05) is 13.0 Å². The number of anilines is 2. The molecule has 0 saturated carbocycles. The molecule has 0 aliphatic carbocycles. The molecule has 0 radical (unpaired) electrons. The van der Waals surface area contributed by atoms with Crippen molar-refractivity contribution in [1.82, 2.24) is 10.3 Å². The monoisotopic (exact) mass is 356 g/mol. The number of hydrogen-bond donors (Lipinski definition) is 2. The normalized spacial score (nSPS) is 13.3. The minimum Gasteiger partial charge on any atom is -0.478 e. The molecule has 0 bridgehead atoms. The second-order valence-corrected chi connectivity index (χ2v) is 5.52. The first kappa shape index (κ1) is 17.5. The number of rotatable bonds is 6. The fourth-order valence-electron chi connectivity index (χ4n) is 2.56. The van der Waals surface area contributed by atoms with Crippen molar-refractivity contribution < 1.29 is 19.1 Å². The van der Waals surface area contributed by atoms with Crippen LogP contribution in [0.2, 0.25) is 0 Å². The third-order valence-corrected chi connectivity index (χ3v) is 3.75. The zero-order chi connectivity index (χ0) is 18.4. The summed E-state index contributed by atoms with van der Waals surface area (Å²) >= 11 is 0. The Balaban J connectivity index is 1.59. The second kappa shape index (κ2) is 8.19. The van der Waals surface area contributed by atoms with Crippen LogP contribution in [-0.4, -0.2) is 36.9 Å². The summed E-state index contributed by atoms with van der Waals surface area (Å²) in [7, 11) is 0. The van der Waals surface area contributed by atoms with Gasteiger partial charge in [-0.1, -0.05) is 12.1 Å². The topological polar surface area (TPSA) is 92.8 Å². The highest BCUT2D eigenvalue weighted by Crippen LogP contribution is 2.22. The van der Waals surface area contributed by atoms with Gasteiger partial charge in [-0.3, -0.25) is 4.90 Å². The highest BCUT2D eigenvalue weighted by molar-refractivity contribution is 5.93. The summed E-state index contributed by atoms with van der Waals surface area (Å²) < 4.78 is 10.4. The van der Waals surface area contributed by atoms with Gasteiger partial charge in [-0.2, -0.15) is 0 Å². The zero-order valence-electron chi connectivity index (χ0n) is 14.4. The molecule has 1 aromatic heterocycles. The number of hydrogen-bond acceptors (Lipinski definition) is 5. The highest BCUT2D eigenvalue weighted by atomic mass is 16.6. The summed E-state index contributed by atoms with van der Waals surface area (Å²) in [5.41, 5.74) is 2.05. The Morgan fingerprint density at radius 2 is 2.23 bits per heavy atom. The third-order valence-electron chi connectivity index (χ3n) is 3.75. The van der Waals surface area contributed by atoms with Gasteiger partial charge >= 0.3 is 12.1 Å². The van der Waals surface area contributed by atoms with Crippen molar-refractivity contribution in [3.8, 4) is 5.88 Å². The molecule has 8 heteroatoms. The van der Waals surface area contributed by atoms with Gasteiger partial charge in [0.25, 0.3) is 0 Å². The maximum Gasteiger partial charge on any atom is 0.414 e. The number of benzene rings is 1. The molecule has 26 heavy (non-hydrogen) atoms. The lowest BCUT2D eigenvalue weighted by atomic mass is 10.2. The van der Waals surface area contributed by atoms with Crippen LogP contribution in [-0.2, 0) is 11.3 Å². The van der Waals surface area contributed by atoms with E-state index < -0.39 is 0 Å². The molecule has 1 aromatic carbocycles. The van der Waals surface area contributed by atoms with Crippen LogP contribution in [0.1, 0.15) is 12.5 Å². The van der Waals surface area contributed by atoms with Gasteiger partial charge in [-0.05, 0) is 31.2 Å². The van der Waals surface area contributed by atoms with Crippen molar-refractivity contribution in [2.75, 3.05) is 30.0 Å². The van der Waals surface area contributed by atoms with Crippen molar-refractivity contribution in [2.24, 2.45) is 0 Å². The summed E-state index contributed by atoms with van der Waals surface area (Å²) in [6, 6.07) is 10.3. The Kier molecular flexibility index (Phi) is 5.52. The van der Waals surface area contributed by atoms with Crippen LogP contribution in [0.15, 0.2) is 42.6 Å². The molecule has 0 unspecified atom stereocenters. The van der Waals surface area contributed by atoms with E-state index in [9.17, 15) is 9.59 Å². The quantitative estimate of drug-likeness (QED) is 0.830. The summed E-state index contributed by atoms with van der Waals surface area (Å²) in [5, 5.41) is 5.52. The first-order valence-corrected chi connectivity index (χ1v) is 8.33. The van der Waals surface area contributed by atoms with Gasteiger partial charge in [0.2, 0.25) is 5.88 Å². The van der Waals surface area contributed by atoms with Crippen LogP contribution in [0.4, 0.5) is 21.0 Å². The van der Waals surface area contributed by atoms with E-state index in [1.54, 1.807) is 36.5 Å². The Morgan fingerprint density at radius 3 is 3.00 bits per heavy atom. The SMILES string of the molecule is CCOc1ncccc1CNC(=O)Nc1cccc(N2CCOC2=O)c1. The average Bonchev–Trinajstić information content (AvgIpc) is 3.07. The number of carbonyl (C=O) groups excluding carboxylic acids is 2. The van der Waals surface area contributed by atoms with E-state index in [0.29, 0.717) is 37.0 Å². The number of amides is 3. The molecule has 1 saturated heterocycles. The molecule has 0 atom stereocenters. The zero-order valence-corrected chi connectivity index (χ0v) is 14.4. The van der Waals surface area contributed by atoms with Crippen LogP contribution in [0.25, 0.3) is 0 Å². The molecule has 2 heterocycles. The number of nitrogens with zero attached hydrogens (tertiary/aromatic N) is 2. The lowest BCUT2D eigenvalue weighted by Gasteiger charge is -2.14. The molecule has 3 amide bonds. The number of pyridine rings is 1. The molecule has 136 valence electrons. The van der Waals surface area contributed by atoms with Crippen molar-refractivity contribution >= 4 is 23.5 Å². The molecule has 2 aromatic rings. The number of cyclic esters (lactones) is 1. The minimum atomic E-state index is -0.383. The predicted molar refractivity (Wildman–Crippen MR) is 96.4 cm³/mol. The van der Waals surface area contributed by atoms with Crippen molar-refractivity contribution in [1.29, 1.82) is 0 Å². The maximum absolute atomic E-state index is 12.2. The van der Waals surface area contributed by atoms with Crippen LogP contribution < -0.4 is 20.3 Å². The second-order valence-electron chi connectivity index (χ2n) is 5.52. The molecule has 1 aliphatic heterocycles. The van der Waals surface area contributed by atoms with Crippen LogP contribution in [0.3, 0.4) is 0 Å². The fraction of sp³-hybridized carbons (Fsp3) is 0.278. The molecule has 1 aliphatic rings. The lowest BCUT2D eigenvalue weighted by molar-refractivity contribution is 0.181. The van der Waals surface area contributed by atoms with Crippen molar-refractivity contribution in [3.63, 3.8) is 0 Å². The van der Waals surface area contributed by atoms with Gasteiger partial charge in [0.05, 0.1) is 13.2 Å². The highest BCUT2D eigenvalue weighted by Gasteiger charge is 2.23. The number of ether oxygens (including phenoxy) is 2. The van der Waals surface area contributed by atoms with Gasteiger partial charge in [-0.25, -0.2) is 14.6 Å². The van der Waals surface area contributed by atoms with E-state index in [0.717, 1.165) is 5.56 Å². The molecule has 1 fully saturated rings. The Bertz CT molecular complexity index is 796. The standard InChI is InChI=1S/C18H20N4O4/c1-2-25-16-13(5-4-8-19-16)12-20-17(23)21-14-6-3-7-15(11-14)22-9-10-26-18(22)24/h3-8,11H,2,9-10,12H2,1H3,(H2,20,21,23). The van der Waals surface area contributed by atoms with E-state index in [-0.39, 0.29) is 18.7 Å².